The fourth-order valence-corrected chi connectivity index (χ4v) is 2.40. The molecule has 3 nitrogen and oxygen atoms in total. The van der Waals surface area contributed by atoms with E-state index in [1.165, 1.54) is 0 Å². The van der Waals surface area contributed by atoms with E-state index >= 15 is 0 Å². The normalized spacial score (nSPS) is 17.0. The summed E-state index contributed by atoms with van der Waals surface area (Å²) in [6.45, 7) is 5.03. The summed E-state index contributed by atoms with van der Waals surface area (Å²) in [5.74, 6) is 0.227. The zero-order valence-corrected chi connectivity index (χ0v) is 11.4. The lowest BCUT2D eigenvalue weighted by molar-refractivity contribution is 0.0960. The fourth-order valence-electron chi connectivity index (χ4n) is 2.00. The van der Waals surface area contributed by atoms with Crippen LogP contribution in [0.5, 0.6) is 0 Å². The largest absolute Gasteiger partial charge is 0.314 e. The van der Waals surface area contributed by atoms with Gasteiger partial charge in [-0.15, -0.1) is 0 Å². The molecule has 1 aromatic carbocycles. The summed E-state index contributed by atoms with van der Waals surface area (Å²) < 4.78 is 0.963. The predicted octanol–water partition coefficient (Wildman–Crippen LogP) is 1.93. The number of carbonyl (C=O) groups is 1. The summed E-state index contributed by atoms with van der Waals surface area (Å²) >= 11 is 3.39. The van der Waals surface area contributed by atoms with Crippen molar-refractivity contribution in [1.82, 2.24) is 10.2 Å². The maximum absolute atomic E-state index is 12.0. The SMILES string of the molecule is O=C(CCN1CCNCC1)c1cccc(Br)c1. The summed E-state index contributed by atoms with van der Waals surface area (Å²) in [6, 6.07) is 7.61. The molecule has 0 radical (unpaired) electrons. The Hall–Kier alpha value is -0.710. The van der Waals surface area contributed by atoms with E-state index in [2.05, 4.69) is 26.1 Å². The molecule has 0 unspecified atom stereocenters. The van der Waals surface area contributed by atoms with Gasteiger partial charge >= 0.3 is 0 Å². The molecule has 1 fully saturated rings. The Kier molecular flexibility index (Phi) is 4.71. The first-order valence-corrected chi connectivity index (χ1v) is 6.77. The highest BCUT2D eigenvalue weighted by Crippen LogP contribution is 2.13. The van der Waals surface area contributed by atoms with Gasteiger partial charge in [0.1, 0.15) is 0 Å². The van der Waals surface area contributed by atoms with Crippen molar-refractivity contribution in [3.05, 3.63) is 34.3 Å². The van der Waals surface area contributed by atoms with Crippen LogP contribution in [0.3, 0.4) is 0 Å². The van der Waals surface area contributed by atoms with Crippen LogP contribution in [0, 0.1) is 0 Å². The third-order valence-electron chi connectivity index (χ3n) is 3.01. The number of Topliss-reactive ketones (excluding diaryl/α,β-unsaturated/α-hetero) is 1. The Morgan fingerprint density at radius 2 is 2.12 bits per heavy atom. The molecule has 1 heterocycles. The molecule has 1 saturated heterocycles. The van der Waals surface area contributed by atoms with Crippen LogP contribution < -0.4 is 5.32 Å². The van der Waals surface area contributed by atoms with E-state index in [1.807, 2.05) is 24.3 Å². The number of ketones is 1. The molecular weight excluding hydrogens is 280 g/mol. The third-order valence-corrected chi connectivity index (χ3v) is 3.50. The Morgan fingerprint density at radius 1 is 1.35 bits per heavy atom. The molecule has 1 aliphatic heterocycles. The number of carbonyl (C=O) groups excluding carboxylic acids is 1. The molecular formula is C13H17BrN2O. The molecule has 1 N–H and O–H groups in total. The number of benzene rings is 1. The summed E-state index contributed by atoms with van der Waals surface area (Å²) in [5, 5.41) is 3.31. The van der Waals surface area contributed by atoms with Crippen LogP contribution in [0.1, 0.15) is 16.8 Å². The first kappa shape index (κ1) is 12.7. The highest BCUT2D eigenvalue weighted by molar-refractivity contribution is 9.10. The Balaban J connectivity index is 1.84. The van der Waals surface area contributed by atoms with Crippen molar-refractivity contribution in [3.8, 4) is 0 Å². The lowest BCUT2D eigenvalue weighted by Crippen LogP contribution is -2.44. The molecule has 0 aliphatic carbocycles. The number of hydrogen-bond donors (Lipinski definition) is 1. The van der Waals surface area contributed by atoms with Gasteiger partial charge in [-0.05, 0) is 12.1 Å². The standard InChI is InChI=1S/C13H17BrN2O/c14-12-3-1-2-11(10-12)13(17)4-7-16-8-5-15-6-9-16/h1-3,10,15H,4-9H2. The van der Waals surface area contributed by atoms with E-state index in [0.717, 1.165) is 42.8 Å². The maximum atomic E-state index is 12.0. The smallest absolute Gasteiger partial charge is 0.164 e. The van der Waals surface area contributed by atoms with Gasteiger partial charge in [-0.1, -0.05) is 28.1 Å². The van der Waals surface area contributed by atoms with E-state index < -0.39 is 0 Å². The van der Waals surface area contributed by atoms with Crippen molar-refractivity contribution in [1.29, 1.82) is 0 Å². The lowest BCUT2D eigenvalue weighted by Gasteiger charge is -2.26. The molecule has 4 heteroatoms. The van der Waals surface area contributed by atoms with E-state index in [1.54, 1.807) is 0 Å². The Labute approximate surface area is 110 Å². The number of nitrogens with one attached hydrogen (secondary N) is 1. The van der Waals surface area contributed by atoms with Gasteiger partial charge in [-0.3, -0.25) is 4.79 Å². The van der Waals surface area contributed by atoms with Crippen LogP contribution in [0.15, 0.2) is 28.7 Å². The van der Waals surface area contributed by atoms with Crippen molar-refractivity contribution in [2.24, 2.45) is 0 Å². The first-order chi connectivity index (χ1) is 8.25. The van der Waals surface area contributed by atoms with Crippen LogP contribution in [0.25, 0.3) is 0 Å². The quantitative estimate of drug-likeness (QED) is 0.862. The van der Waals surface area contributed by atoms with Gasteiger partial charge in [0, 0.05) is 49.2 Å². The Bertz CT molecular complexity index is 389. The maximum Gasteiger partial charge on any atom is 0.164 e. The summed E-state index contributed by atoms with van der Waals surface area (Å²) in [6.07, 6.45) is 0.608. The second-order valence-electron chi connectivity index (χ2n) is 4.28. The zero-order valence-electron chi connectivity index (χ0n) is 9.79. The molecule has 1 aliphatic rings. The predicted molar refractivity (Wildman–Crippen MR) is 72.4 cm³/mol. The lowest BCUT2D eigenvalue weighted by atomic mass is 10.1. The van der Waals surface area contributed by atoms with E-state index in [0.29, 0.717) is 6.42 Å². The second-order valence-corrected chi connectivity index (χ2v) is 5.19. The van der Waals surface area contributed by atoms with Crippen molar-refractivity contribution >= 4 is 21.7 Å². The van der Waals surface area contributed by atoms with Gasteiger partial charge in [0.2, 0.25) is 0 Å². The fraction of sp³-hybridized carbons (Fsp3) is 0.462. The second kappa shape index (κ2) is 6.28. The minimum absolute atomic E-state index is 0.227. The number of piperazine rings is 1. The van der Waals surface area contributed by atoms with Crippen LogP contribution in [0.2, 0.25) is 0 Å². The van der Waals surface area contributed by atoms with Crippen molar-refractivity contribution in [2.45, 2.75) is 6.42 Å². The zero-order chi connectivity index (χ0) is 12.1. The van der Waals surface area contributed by atoms with Crippen molar-refractivity contribution < 1.29 is 4.79 Å². The average Bonchev–Trinajstić information content (AvgIpc) is 2.37. The van der Waals surface area contributed by atoms with Gasteiger partial charge in [0.25, 0.3) is 0 Å². The first-order valence-electron chi connectivity index (χ1n) is 5.97. The Morgan fingerprint density at radius 3 is 2.82 bits per heavy atom. The molecule has 0 saturated carbocycles. The molecule has 2 rings (SSSR count). The average molecular weight is 297 g/mol. The number of hydrogen-bond acceptors (Lipinski definition) is 3. The molecule has 1 aromatic rings. The molecule has 0 amide bonds. The minimum Gasteiger partial charge on any atom is -0.314 e. The molecule has 0 atom stereocenters. The summed E-state index contributed by atoms with van der Waals surface area (Å²) in [4.78, 5) is 14.3. The minimum atomic E-state index is 0.227. The van der Waals surface area contributed by atoms with Gasteiger partial charge in [0.15, 0.2) is 5.78 Å². The van der Waals surface area contributed by atoms with Crippen LogP contribution in [-0.4, -0.2) is 43.4 Å². The highest BCUT2D eigenvalue weighted by Gasteiger charge is 2.12. The van der Waals surface area contributed by atoms with Gasteiger partial charge < -0.3 is 10.2 Å². The van der Waals surface area contributed by atoms with E-state index in [-0.39, 0.29) is 5.78 Å². The van der Waals surface area contributed by atoms with E-state index in [4.69, 9.17) is 0 Å². The molecule has 0 aromatic heterocycles. The topological polar surface area (TPSA) is 32.3 Å². The van der Waals surface area contributed by atoms with Gasteiger partial charge in [-0.25, -0.2) is 0 Å². The molecule has 0 bridgehead atoms. The third kappa shape index (κ3) is 3.91. The monoisotopic (exact) mass is 296 g/mol. The van der Waals surface area contributed by atoms with Gasteiger partial charge in [0.05, 0.1) is 0 Å². The molecule has 17 heavy (non-hydrogen) atoms. The van der Waals surface area contributed by atoms with Gasteiger partial charge in [-0.2, -0.15) is 0 Å². The van der Waals surface area contributed by atoms with Crippen LogP contribution >= 0.6 is 15.9 Å². The number of rotatable bonds is 4. The highest BCUT2D eigenvalue weighted by atomic mass is 79.9. The summed E-state index contributed by atoms with van der Waals surface area (Å²) in [5.41, 5.74) is 0.800. The van der Waals surface area contributed by atoms with E-state index in [9.17, 15) is 4.79 Å². The number of nitrogens with zero attached hydrogens (tertiary/aromatic N) is 1. The summed E-state index contributed by atoms with van der Waals surface area (Å²) in [7, 11) is 0. The molecule has 0 spiro atoms. The van der Waals surface area contributed by atoms with Crippen molar-refractivity contribution in [3.63, 3.8) is 0 Å². The van der Waals surface area contributed by atoms with Crippen molar-refractivity contribution in [2.75, 3.05) is 32.7 Å². The van der Waals surface area contributed by atoms with Crippen LogP contribution in [-0.2, 0) is 0 Å². The van der Waals surface area contributed by atoms with Crippen LogP contribution in [0.4, 0.5) is 0 Å². The number of halogens is 1. The molecule has 92 valence electrons.